The van der Waals surface area contributed by atoms with E-state index in [1.165, 1.54) is 6.42 Å². The average Bonchev–Trinajstić information content (AvgIpc) is 2.35. The molecule has 0 aliphatic heterocycles. The van der Waals surface area contributed by atoms with Gasteiger partial charge in [-0.2, -0.15) is 38.1 Å². The Morgan fingerprint density at radius 2 is 1.29 bits per heavy atom. The predicted octanol–water partition coefficient (Wildman–Crippen LogP) is 6.21. The molecule has 1 atom stereocenters. The molecule has 0 aromatic heterocycles. The zero-order valence-electron chi connectivity index (χ0n) is 12.1. The fraction of sp³-hybridized carbons (Fsp3) is 1.00. The summed E-state index contributed by atoms with van der Waals surface area (Å²) in [6.45, 7) is 2.10. The Labute approximate surface area is 129 Å². The maximum absolute atomic E-state index is 13.1. The highest BCUT2D eigenvalue weighted by molar-refractivity contribution is 7.99. The summed E-state index contributed by atoms with van der Waals surface area (Å²) in [5.41, 5.74) is -4.81. The third-order valence-electron chi connectivity index (χ3n) is 3.05. The molecule has 8 heteroatoms. The normalized spacial score (nSPS) is 13.7. The third kappa shape index (κ3) is 7.45. The molecule has 0 fully saturated rings. The van der Waals surface area contributed by atoms with Gasteiger partial charge < -0.3 is 0 Å². The minimum atomic E-state index is -5.35. The average molecular weight is 356 g/mol. The van der Waals surface area contributed by atoms with Crippen LogP contribution in [0.2, 0.25) is 0 Å². The molecule has 0 rings (SSSR count). The maximum Gasteiger partial charge on any atom is 0.375 e. The fourth-order valence-electron chi connectivity index (χ4n) is 1.70. The molecule has 1 unspecified atom stereocenters. The molecule has 0 aromatic carbocycles. The van der Waals surface area contributed by atoms with Crippen LogP contribution >= 0.6 is 21.0 Å². The summed E-state index contributed by atoms with van der Waals surface area (Å²) >= 11 is 0.599. The van der Waals surface area contributed by atoms with Gasteiger partial charge in [-0.05, 0) is 12.2 Å². The van der Waals surface area contributed by atoms with E-state index in [9.17, 15) is 26.3 Å². The van der Waals surface area contributed by atoms with Crippen molar-refractivity contribution in [3.63, 3.8) is 0 Å². The van der Waals surface area contributed by atoms with Crippen molar-refractivity contribution in [2.45, 2.75) is 69.4 Å². The van der Waals surface area contributed by atoms with Crippen LogP contribution in [0, 0.1) is 0 Å². The van der Waals surface area contributed by atoms with E-state index in [1.54, 1.807) is 0 Å². The SMILES string of the molecule is CCCCCCCCCSCC(F)(F)C(F)(F)C(F)(F)P. The van der Waals surface area contributed by atoms with Crippen LogP contribution in [0.15, 0.2) is 0 Å². The number of unbranched alkanes of at least 4 members (excludes halogenated alkanes) is 6. The minimum Gasteiger partial charge on any atom is -0.199 e. The number of hydrogen-bond donors (Lipinski definition) is 0. The number of alkyl halides is 6. The Bertz CT molecular complexity index is 280. The minimum absolute atomic E-state index is 0.280. The van der Waals surface area contributed by atoms with Crippen LogP contribution in [0.25, 0.3) is 0 Å². The van der Waals surface area contributed by atoms with Crippen molar-refractivity contribution in [1.29, 1.82) is 0 Å². The van der Waals surface area contributed by atoms with Crippen molar-refractivity contribution in [1.82, 2.24) is 0 Å². The van der Waals surface area contributed by atoms with Gasteiger partial charge in [0.2, 0.25) is 0 Å². The fourth-order valence-corrected chi connectivity index (χ4v) is 2.90. The van der Waals surface area contributed by atoms with Crippen molar-refractivity contribution >= 4 is 21.0 Å². The topological polar surface area (TPSA) is 0 Å². The number of thioether (sulfide) groups is 1. The van der Waals surface area contributed by atoms with Gasteiger partial charge in [-0.25, -0.2) is 0 Å². The summed E-state index contributed by atoms with van der Waals surface area (Å²) in [6.07, 6.45) is 6.98. The van der Waals surface area contributed by atoms with Crippen LogP contribution < -0.4 is 0 Å². The van der Waals surface area contributed by atoms with Crippen LogP contribution in [0.1, 0.15) is 51.9 Å². The van der Waals surface area contributed by atoms with Crippen LogP contribution in [-0.4, -0.2) is 29.0 Å². The molecule has 0 radical (unpaired) electrons. The van der Waals surface area contributed by atoms with E-state index in [2.05, 4.69) is 6.92 Å². The summed E-state index contributed by atoms with van der Waals surface area (Å²) in [7, 11) is 0.491. The first-order valence-electron chi connectivity index (χ1n) is 7.06. The summed E-state index contributed by atoms with van der Waals surface area (Å²) in [4.78, 5) is 0. The molecule has 0 amide bonds. The lowest BCUT2D eigenvalue weighted by molar-refractivity contribution is -0.267. The van der Waals surface area contributed by atoms with E-state index >= 15 is 0 Å². The number of rotatable bonds is 12. The van der Waals surface area contributed by atoms with E-state index in [0.29, 0.717) is 27.4 Å². The Balaban J connectivity index is 3.86. The van der Waals surface area contributed by atoms with Gasteiger partial charge in [0.15, 0.2) is 0 Å². The van der Waals surface area contributed by atoms with Crippen LogP contribution in [0.4, 0.5) is 26.3 Å². The van der Waals surface area contributed by atoms with E-state index < -0.39 is 23.3 Å². The summed E-state index contributed by atoms with van der Waals surface area (Å²) in [5.74, 6) is -11.1. The van der Waals surface area contributed by atoms with Gasteiger partial charge in [0, 0.05) is 0 Å². The van der Waals surface area contributed by atoms with Crippen molar-refractivity contribution < 1.29 is 26.3 Å². The first kappa shape index (κ1) is 21.4. The lowest BCUT2D eigenvalue weighted by Crippen LogP contribution is -2.52. The largest absolute Gasteiger partial charge is 0.375 e. The summed E-state index contributed by atoms with van der Waals surface area (Å²) in [6, 6.07) is 0. The van der Waals surface area contributed by atoms with Gasteiger partial charge in [0.05, 0.1) is 5.75 Å². The number of halogens is 6. The number of hydrogen-bond acceptors (Lipinski definition) is 1. The highest BCUT2D eigenvalue weighted by atomic mass is 32.2. The van der Waals surface area contributed by atoms with Crippen molar-refractivity contribution in [3.8, 4) is 0 Å². The van der Waals surface area contributed by atoms with Gasteiger partial charge in [-0.1, -0.05) is 54.7 Å². The first-order valence-corrected chi connectivity index (χ1v) is 8.79. The molecule has 0 saturated heterocycles. The van der Waals surface area contributed by atoms with Gasteiger partial charge in [0.25, 0.3) is 0 Å². The monoisotopic (exact) mass is 356 g/mol. The van der Waals surface area contributed by atoms with Crippen LogP contribution in [-0.2, 0) is 0 Å². The molecule has 0 N–H and O–H groups in total. The smallest absolute Gasteiger partial charge is 0.199 e. The van der Waals surface area contributed by atoms with Gasteiger partial charge in [-0.3, -0.25) is 0 Å². The Morgan fingerprint density at radius 3 is 1.76 bits per heavy atom. The van der Waals surface area contributed by atoms with Crippen molar-refractivity contribution in [2.75, 3.05) is 11.5 Å². The lowest BCUT2D eigenvalue weighted by Gasteiger charge is -2.30. The Morgan fingerprint density at radius 1 is 0.810 bits per heavy atom. The van der Waals surface area contributed by atoms with Crippen molar-refractivity contribution in [3.05, 3.63) is 0 Å². The predicted molar refractivity (Wildman–Crippen MR) is 79.9 cm³/mol. The molecule has 0 bridgehead atoms. The molecule has 0 aliphatic rings. The van der Waals surface area contributed by atoms with Crippen molar-refractivity contribution in [2.24, 2.45) is 0 Å². The maximum atomic E-state index is 13.1. The van der Waals surface area contributed by atoms with E-state index in [0.717, 1.165) is 32.1 Å². The van der Waals surface area contributed by atoms with Crippen LogP contribution in [0.3, 0.4) is 0 Å². The van der Waals surface area contributed by atoms with Crippen LogP contribution in [0.5, 0.6) is 0 Å². The molecule has 21 heavy (non-hydrogen) atoms. The van der Waals surface area contributed by atoms with E-state index in [1.807, 2.05) is 0 Å². The summed E-state index contributed by atoms with van der Waals surface area (Å²) < 4.78 is 77.1. The quantitative estimate of drug-likeness (QED) is 0.228. The zero-order chi connectivity index (χ0) is 16.6. The molecule has 0 nitrogen and oxygen atoms in total. The standard InChI is InChI=1S/C13H23F6PS/c1-2-3-4-5-6-7-8-9-21-10-11(14,15)12(16,17)13(18,19)20/h2-10,20H2,1H3. The molecule has 0 aromatic rings. The van der Waals surface area contributed by atoms with Gasteiger partial charge >= 0.3 is 17.5 Å². The summed E-state index contributed by atoms with van der Waals surface area (Å²) in [5, 5.41) is 0. The van der Waals surface area contributed by atoms with Gasteiger partial charge in [0.1, 0.15) is 0 Å². The highest BCUT2D eigenvalue weighted by Gasteiger charge is 2.68. The second kappa shape index (κ2) is 9.49. The molecule has 0 heterocycles. The third-order valence-corrected chi connectivity index (χ3v) is 4.56. The highest BCUT2D eigenvalue weighted by Crippen LogP contribution is 2.50. The molecular weight excluding hydrogens is 333 g/mol. The Kier molecular flexibility index (Phi) is 9.65. The zero-order valence-corrected chi connectivity index (χ0v) is 14.1. The first-order chi connectivity index (χ1) is 9.56. The van der Waals surface area contributed by atoms with E-state index in [4.69, 9.17) is 0 Å². The molecule has 0 aliphatic carbocycles. The molecule has 0 saturated carbocycles. The Hall–Kier alpha value is 0.360. The lowest BCUT2D eigenvalue weighted by atomic mass is 10.1. The molecule has 128 valence electrons. The van der Waals surface area contributed by atoms with Gasteiger partial charge in [-0.15, -0.1) is 0 Å². The molecular formula is C13H23F6PS. The van der Waals surface area contributed by atoms with E-state index in [-0.39, 0.29) is 5.75 Å². The second-order valence-corrected chi connectivity index (χ2v) is 6.91. The second-order valence-electron chi connectivity index (χ2n) is 5.08. The molecule has 0 spiro atoms.